The fourth-order valence-corrected chi connectivity index (χ4v) is 3.15. The second-order valence-electron chi connectivity index (χ2n) is 7.18. The Kier molecular flexibility index (Phi) is 8.10. The molecule has 1 unspecified atom stereocenters. The van der Waals surface area contributed by atoms with Crippen LogP contribution in [0, 0.1) is 0 Å². The Labute approximate surface area is 206 Å². The lowest BCUT2D eigenvalue weighted by Crippen LogP contribution is -2.62. The highest BCUT2D eigenvalue weighted by atomic mass is 16.7. The molecule has 0 saturated carbocycles. The maximum atomic E-state index is 12.1. The summed E-state index contributed by atoms with van der Waals surface area (Å²) in [6.07, 6.45) is -7.81. The molecular weight excluding hydrogens is 470 g/mol. The second-order valence-corrected chi connectivity index (χ2v) is 7.18. The predicted molar refractivity (Wildman–Crippen MR) is 113 cm³/mol. The molecule has 1 aliphatic heterocycles. The molecular formula is C22H29NO12. The molecule has 1 aromatic heterocycles. The van der Waals surface area contributed by atoms with Crippen molar-refractivity contribution < 1.29 is 62.3 Å². The van der Waals surface area contributed by atoms with Gasteiger partial charge in [-0.1, -0.05) is 0 Å². The van der Waals surface area contributed by atoms with Gasteiger partial charge in [0, 0.05) is 40.0 Å². The third-order valence-electron chi connectivity index (χ3n) is 4.42. The summed E-state index contributed by atoms with van der Waals surface area (Å²) < 4.78 is 66.6. The van der Waals surface area contributed by atoms with Gasteiger partial charge in [-0.05, 0) is 12.1 Å². The number of hydrogen-bond acceptors (Lipinski definition) is 12. The number of hydrogen-bond donors (Lipinski definition) is 1. The molecule has 1 amide bonds. The Balaban J connectivity index is 2.37. The first-order chi connectivity index (χ1) is 18.6. The molecule has 194 valence electrons. The van der Waals surface area contributed by atoms with Crippen LogP contribution in [0.4, 0.5) is 0 Å². The summed E-state index contributed by atoms with van der Waals surface area (Å²) in [6, 6.07) is 3.11. The zero-order valence-corrected chi connectivity index (χ0v) is 18.9. The zero-order chi connectivity index (χ0) is 28.9. The van der Waals surface area contributed by atoms with Crippen LogP contribution in [0.25, 0.3) is 0 Å². The van der Waals surface area contributed by atoms with Crippen LogP contribution < -0.4 is 5.32 Å². The van der Waals surface area contributed by atoms with Gasteiger partial charge < -0.3 is 38.2 Å². The van der Waals surface area contributed by atoms with Gasteiger partial charge in [-0.15, -0.1) is 0 Å². The van der Waals surface area contributed by atoms with Gasteiger partial charge in [-0.2, -0.15) is 0 Å². The van der Waals surface area contributed by atoms with Crippen molar-refractivity contribution in [1.82, 2.24) is 5.32 Å². The highest BCUT2D eigenvalue weighted by Gasteiger charge is 2.52. The van der Waals surface area contributed by atoms with Gasteiger partial charge in [0.2, 0.25) is 5.91 Å². The van der Waals surface area contributed by atoms with Gasteiger partial charge in [0.1, 0.15) is 30.8 Å². The number of ether oxygens (including phenoxy) is 6. The first kappa shape index (κ1) is 22.0. The molecule has 1 fully saturated rings. The van der Waals surface area contributed by atoms with Crippen molar-refractivity contribution in [2.45, 2.75) is 78.4 Å². The minimum atomic E-state index is -1.65. The van der Waals surface area contributed by atoms with Crippen molar-refractivity contribution >= 4 is 29.8 Å². The van der Waals surface area contributed by atoms with E-state index in [4.69, 9.17) is 38.3 Å². The maximum absolute atomic E-state index is 12.1. The third-order valence-corrected chi connectivity index (χ3v) is 4.42. The Hall–Kier alpha value is -3.45. The van der Waals surface area contributed by atoms with Crippen LogP contribution in [0.15, 0.2) is 16.5 Å². The quantitative estimate of drug-likeness (QED) is 0.348. The van der Waals surface area contributed by atoms with E-state index < -0.39 is 88.8 Å². The van der Waals surface area contributed by atoms with Gasteiger partial charge in [0.25, 0.3) is 0 Å². The molecule has 2 heterocycles. The normalized spacial score (nSPS) is 25.1. The van der Waals surface area contributed by atoms with Crippen molar-refractivity contribution in [3.63, 3.8) is 0 Å². The molecule has 0 aromatic carbocycles. The molecule has 5 atom stereocenters. The monoisotopic (exact) mass is 503 g/mol. The molecule has 0 spiro atoms. The second kappa shape index (κ2) is 12.9. The molecule has 0 bridgehead atoms. The molecule has 1 aliphatic rings. The van der Waals surface area contributed by atoms with E-state index in [1.54, 1.807) is 6.07 Å². The molecule has 2 rings (SSSR count). The van der Waals surface area contributed by atoms with E-state index in [1.165, 1.54) is 13.0 Å². The standard InChI is InChI=1S/C22H29NO12/c1-11(24)23-8-16-6-7-17(34-16)9-30-22-21(33-15(5)28)20(32-14(4)27)19(31-13(3)26)18(35-22)10-29-12(2)25/h6-7,18-22H,8-10H2,1-5H3,(H,23,24)/t18-,19-,20+,21-,22?/m1/s1/i2D,3D,4D,5D. The van der Waals surface area contributed by atoms with Crippen LogP contribution >= 0.6 is 0 Å². The molecule has 1 saturated heterocycles. The van der Waals surface area contributed by atoms with Crippen molar-refractivity contribution in [1.29, 1.82) is 0 Å². The number of amides is 1. The van der Waals surface area contributed by atoms with E-state index in [-0.39, 0.29) is 24.8 Å². The van der Waals surface area contributed by atoms with E-state index in [1.807, 2.05) is 0 Å². The fraction of sp³-hybridized carbons (Fsp3) is 0.591. The van der Waals surface area contributed by atoms with Crippen LogP contribution in [0.2, 0.25) is 0 Å². The molecule has 0 aliphatic carbocycles. The molecule has 1 aromatic rings. The largest absolute Gasteiger partial charge is 0.463 e. The highest BCUT2D eigenvalue weighted by molar-refractivity contribution is 5.72. The third kappa shape index (κ3) is 9.02. The lowest BCUT2D eigenvalue weighted by Gasteiger charge is -2.43. The number of carbonyl (C=O) groups excluding carboxylic acids is 5. The van der Waals surface area contributed by atoms with Gasteiger partial charge in [-0.25, -0.2) is 0 Å². The minimum absolute atomic E-state index is 0.108. The topological polar surface area (TPSA) is 166 Å². The lowest BCUT2D eigenvalue weighted by atomic mass is 9.98. The molecule has 13 heteroatoms. The summed E-state index contributed by atoms with van der Waals surface area (Å²) in [5, 5.41) is 2.56. The molecule has 0 radical (unpaired) electrons. The van der Waals surface area contributed by atoms with E-state index in [0.717, 1.165) is 0 Å². The minimum Gasteiger partial charge on any atom is -0.463 e. The number of esters is 4. The van der Waals surface area contributed by atoms with Crippen molar-refractivity contribution in [2.24, 2.45) is 0 Å². The molecule has 35 heavy (non-hydrogen) atoms. The fourth-order valence-electron chi connectivity index (χ4n) is 3.15. The van der Waals surface area contributed by atoms with Gasteiger partial charge >= 0.3 is 23.9 Å². The number of nitrogens with one attached hydrogen (secondary N) is 1. The SMILES string of the molecule is [2H]CC(=O)OC[C@H]1OC(OCc2ccc(CNC(C)=O)o2)[C@H](OC(=O)C[2H])[C@@H](OC(=O)C[2H])[C@@H]1OC(=O)C[2H]. The molecule has 13 nitrogen and oxygen atoms in total. The Morgan fingerprint density at radius 3 is 2.11 bits per heavy atom. The van der Waals surface area contributed by atoms with Crippen LogP contribution in [0.1, 0.15) is 51.5 Å². The average Bonchev–Trinajstić information content (AvgIpc) is 3.39. The average molecular weight is 503 g/mol. The Bertz CT molecular complexity index is 1010. The van der Waals surface area contributed by atoms with Crippen molar-refractivity contribution in [3.05, 3.63) is 23.7 Å². The van der Waals surface area contributed by atoms with E-state index in [0.29, 0.717) is 5.76 Å². The zero-order valence-electron chi connectivity index (χ0n) is 22.9. The van der Waals surface area contributed by atoms with Gasteiger partial charge in [0.05, 0.1) is 6.54 Å². The summed E-state index contributed by atoms with van der Waals surface area (Å²) in [6.45, 7) is -2.73. The van der Waals surface area contributed by atoms with Crippen molar-refractivity contribution in [3.8, 4) is 0 Å². The first-order valence-electron chi connectivity index (χ1n) is 12.9. The lowest BCUT2D eigenvalue weighted by molar-refractivity contribution is -0.311. The predicted octanol–water partition coefficient (Wildman–Crippen LogP) is 0.515. The van der Waals surface area contributed by atoms with E-state index >= 15 is 0 Å². The maximum Gasteiger partial charge on any atom is 0.303 e. The Morgan fingerprint density at radius 1 is 0.886 bits per heavy atom. The van der Waals surface area contributed by atoms with E-state index in [9.17, 15) is 24.0 Å². The van der Waals surface area contributed by atoms with Gasteiger partial charge in [0.15, 0.2) is 24.6 Å². The summed E-state index contributed by atoms with van der Waals surface area (Å²) in [5.74, 6) is -3.84. The van der Waals surface area contributed by atoms with Gasteiger partial charge in [-0.3, -0.25) is 24.0 Å². The van der Waals surface area contributed by atoms with Crippen LogP contribution in [-0.4, -0.2) is 67.1 Å². The Morgan fingerprint density at radius 2 is 1.49 bits per heavy atom. The highest BCUT2D eigenvalue weighted by Crippen LogP contribution is 2.30. The van der Waals surface area contributed by atoms with Crippen LogP contribution in [0.5, 0.6) is 0 Å². The number of rotatable bonds is 10. The first-order valence-corrected chi connectivity index (χ1v) is 10.1. The molecule has 1 N–H and O–H groups in total. The summed E-state index contributed by atoms with van der Waals surface area (Å²) in [5.41, 5.74) is 0. The van der Waals surface area contributed by atoms with Crippen LogP contribution in [0.3, 0.4) is 0 Å². The smallest absolute Gasteiger partial charge is 0.303 e. The van der Waals surface area contributed by atoms with E-state index in [2.05, 4.69) is 5.32 Å². The summed E-state index contributed by atoms with van der Waals surface area (Å²) in [4.78, 5) is 58.9. The summed E-state index contributed by atoms with van der Waals surface area (Å²) >= 11 is 0. The number of carbonyl (C=O) groups is 5. The van der Waals surface area contributed by atoms with Crippen molar-refractivity contribution in [2.75, 3.05) is 6.61 Å². The number of furan rings is 1. The van der Waals surface area contributed by atoms with Crippen LogP contribution in [-0.2, 0) is 65.5 Å². The summed E-state index contributed by atoms with van der Waals surface area (Å²) in [7, 11) is 0.